The molecular formula is C25H32N6S. The van der Waals surface area contributed by atoms with Crippen molar-refractivity contribution in [3.63, 3.8) is 0 Å². The maximum absolute atomic E-state index is 5.82. The van der Waals surface area contributed by atoms with E-state index in [-0.39, 0.29) is 12.1 Å². The van der Waals surface area contributed by atoms with Crippen LogP contribution in [-0.2, 0) is 6.54 Å². The SMILES string of the molecule is Cc1cc([C@@H]2[C@@H](c3ccccn3)NC(=S)N2CCCN(C)C)c(C)n1Cc1cccnc1. The minimum atomic E-state index is 0.0235. The Morgan fingerprint density at radius 2 is 1.97 bits per heavy atom. The summed E-state index contributed by atoms with van der Waals surface area (Å²) in [7, 11) is 4.22. The molecule has 1 aliphatic rings. The molecule has 0 amide bonds. The van der Waals surface area contributed by atoms with Crippen LogP contribution >= 0.6 is 12.2 Å². The molecule has 0 aliphatic carbocycles. The molecule has 0 spiro atoms. The minimum absolute atomic E-state index is 0.0235. The van der Waals surface area contributed by atoms with Gasteiger partial charge in [-0.2, -0.15) is 0 Å². The summed E-state index contributed by atoms with van der Waals surface area (Å²) in [5.74, 6) is 0. The summed E-state index contributed by atoms with van der Waals surface area (Å²) in [6.45, 7) is 7.14. The first kappa shape index (κ1) is 22.4. The normalized spacial score (nSPS) is 18.4. The van der Waals surface area contributed by atoms with Crippen LogP contribution in [0, 0.1) is 13.8 Å². The molecule has 2 atom stereocenters. The molecule has 1 saturated heterocycles. The summed E-state index contributed by atoms with van der Waals surface area (Å²) in [6, 6.07) is 12.7. The molecular weight excluding hydrogens is 416 g/mol. The summed E-state index contributed by atoms with van der Waals surface area (Å²) in [5.41, 5.74) is 6.03. The van der Waals surface area contributed by atoms with Gasteiger partial charge in [0.2, 0.25) is 0 Å². The van der Waals surface area contributed by atoms with Gasteiger partial charge in [-0.1, -0.05) is 12.1 Å². The highest BCUT2D eigenvalue weighted by molar-refractivity contribution is 7.80. The third-order valence-electron chi connectivity index (χ3n) is 6.20. The molecule has 4 heterocycles. The van der Waals surface area contributed by atoms with Gasteiger partial charge in [-0.05, 0) is 88.5 Å². The van der Waals surface area contributed by atoms with E-state index in [1.807, 2.05) is 36.8 Å². The molecule has 7 heteroatoms. The van der Waals surface area contributed by atoms with Gasteiger partial charge >= 0.3 is 0 Å². The zero-order valence-corrected chi connectivity index (χ0v) is 20.1. The van der Waals surface area contributed by atoms with Crippen molar-refractivity contribution in [3.8, 4) is 0 Å². The standard InChI is InChI=1S/C25H32N6S/c1-18-15-21(19(2)31(18)17-20-9-7-11-26-16-20)24-23(22-10-5-6-12-27-22)28-25(32)30(24)14-8-13-29(3)4/h5-7,9-12,15-16,23-24H,8,13-14,17H2,1-4H3,(H,28,32)/t23-,24-/m1/s1. The van der Waals surface area contributed by atoms with E-state index in [9.17, 15) is 0 Å². The fraction of sp³-hybridized carbons (Fsp3) is 0.400. The first-order valence-electron chi connectivity index (χ1n) is 11.1. The first-order valence-corrected chi connectivity index (χ1v) is 11.5. The molecule has 3 aromatic heterocycles. The van der Waals surface area contributed by atoms with Gasteiger partial charge in [0, 0.05) is 43.1 Å². The highest BCUT2D eigenvalue weighted by Crippen LogP contribution is 2.40. The minimum Gasteiger partial charge on any atom is -0.352 e. The van der Waals surface area contributed by atoms with Crippen molar-refractivity contribution in [2.75, 3.05) is 27.2 Å². The van der Waals surface area contributed by atoms with Crippen molar-refractivity contribution in [1.29, 1.82) is 0 Å². The fourth-order valence-corrected chi connectivity index (χ4v) is 4.92. The van der Waals surface area contributed by atoms with E-state index in [1.54, 1.807) is 0 Å². The first-order chi connectivity index (χ1) is 15.5. The summed E-state index contributed by atoms with van der Waals surface area (Å²) >= 11 is 5.82. The number of nitrogens with one attached hydrogen (secondary N) is 1. The summed E-state index contributed by atoms with van der Waals surface area (Å²) in [6.07, 6.45) is 6.67. The number of aromatic nitrogens is 3. The third kappa shape index (κ3) is 4.69. The van der Waals surface area contributed by atoms with E-state index in [0.717, 1.165) is 36.9 Å². The fourth-order valence-electron chi connectivity index (χ4n) is 4.59. The number of hydrogen-bond donors (Lipinski definition) is 1. The monoisotopic (exact) mass is 448 g/mol. The largest absolute Gasteiger partial charge is 0.352 e. The maximum atomic E-state index is 5.82. The zero-order valence-electron chi connectivity index (χ0n) is 19.3. The Kier molecular flexibility index (Phi) is 6.86. The van der Waals surface area contributed by atoms with Gasteiger partial charge < -0.3 is 19.7 Å². The summed E-state index contributed by atoms with van der Waals surface area (Å²) < 4.78 is 2.38. The Morgan fingerprint density at radius 1 is 1.12 bits per heavy atom. The van der Waals surface area contributed by atoms with Crippen molar-refractivity contribution < 1.29 is 0 Å². The van der Waals surface area contributed by atoms with Crippen molar-refractivity contribution in [1.82, 2.24) is 29.7 Å². The van der Waals surface area contributed by atoms with Crippen LogP contribution < -0.4 is 5.32 Å². The molecule has 168 valence electrons. The Balaban J connectivity index is 1.70. The van der Waals surface area contributed by atoms with Crippen LogP contribution in [0.2, 0.25) is 0 Å². The molecule has 0 saturated carbocycles. The molecule has 0 radical (unpaired) electrons. The topological polar surface area (TPSA) is 49.2 Å². The van der Waals surface area contributed by atoms with Crippen molar-refractivity contribution in [3.05, 3.63) is 83.2 Å². The molecule has 1 N–H and O–H groups in total. The lowest BCUT2D eigenvalue weighted by atomic mass is 9.96. The highest BCUT2D eigenvalue weighted by Gasteiger charge is 2.41. The number of hydrogen-bond acceptors (Lipinski definition) is 4. The quantitative estimate of drug-likeness (QED) is 0.528. The van der Waals surface area contributed by atoms with Crippen molar-refractivity contribution in [2.45, 2.75) is 38.9 Å². The van der Waals surface area contributed by atoms with Gasteiger partial charge in [0.25, 0.3) is 0 Å². The predicted molar refractivity (Wildman–Crippen MR) is 133 cm³/mol. The average molecular weight is 449 g/mol. The molecule has 3 aromatic rings. The van der Waals surface area contributed by atoms with Gasteiger partial charge in [0.1, 0.15) is 0 Å². The number of pyridine rings is 2. The maximum Gasteiger partial charge on any atom is 0.170 e. The average Bonchev–Trinajstić information content (AvgIpc) is 3.25. The summed E-state index contributed by atoms with van der Waals surface area (Å²) in [5, 5.41) is 4.38. The van der Waals surface area contributed by atoms with Crippen LogP contribution in [0.15, 0.2) is 55.0 Å². The highest BCUT2D eigenvalue weighted by atomic mass is 32.1. The van der Waals surface area contributed by atoms with Gasteiger partial charge in [0.15, 0.2) is 5.11 Å². The smallest absolute Gasteiger partial charge is 0.170 e. The second-order valence-corrected chi connectivity index (χ2v) is 9.14. The lowest BCUT2D eigenvalue weighted by Gasteiger charge is -2.28. The Labute approximate surface area is 196 Å². The van der Waals surface area contributed by atoms with Crippen molar-refractivity contribution >= 4 is 17.3 Å². The van der Waals surface area contributed by atoms with Gasteiger partial charge in [0.05, 0.1) is 17.8 Å². The molecule has 0 bridgehead atoms. The molecule has 1 aliphatic heterocycles. The number of nitrogens with zero attached hydrogens (tertiary/aromatic N) is 5. The predicted octanol–water partition coefficient (Wildman–Crippen LogP) is 3.87. The number of thiocarbonyl (C=S) groups is 1. The lowest BCUT2D eigenvalue weighted by Crippen LogP contribution is -2.32. The molecule has 4 rings (SSSR count). The van der Waals surface area contributed by atoms with Crippen LogP contribution in [0.4, 0.5) is 0 Å². The van der Waals surface area contributed by atoms with Crippen molar-refractivity contribution in [2.24, 2.45) is 0 Å². The molecule has 32 heavy (non-hydrogen) atoms. The van der Waals surface area contributed by atoms with E-state index in [0.29, 0.717) is 0 Å². The van der Waals surface area contributed by atoms with Crippen LogP contribution in [0.1, 0.15) is 46.7 Å². The molecule has 1 fully saturated rings. The molecule has 0 aromatic carbocycles. The van der Waals surface area contributed by atoms with E-state index in [4.69, 9.17) is 12.2 Å². The second-order valence-electron chi connectivity index (χ2n) is 8.75. The molecule has 6 nitrogen and oxygen atoms in total. The molecule has 0 unspecified atom stereocenters. The lowest BCUT2D eigenvalue weighted by molar-refractivity contribution is 0.292. The van der Waals surface area contributed by atoms with Gasteiger partial charge in [-0.15, -0.1) is 0 Å². The summed E-state index contributed by atoms with van der Waals surface area (Å²) in [4.78, 5) is 13.5. The van der Waals surface area contributed by atoms with E-state index in [1.165, 1.54) is 22.5 Å². The van der Waals surface area contributed by atoms with Crippen LogP contribution in [0.25, 0.3) is 0 Å². The van der Waals surface area contributed by atoms with Crippen LogP contribution in [-0.4, -0.2) is 56.6 Å². The van der Waals surface area contributed by atoms with Gasteiger partial charge in [-0.25, -0.2) is 0 Å². The third-order valence-corrected chi connectivity index (χ3v) is 6.55. The Bertz CT molecular complexity index is 1050. The van der Waals surface area contributed by atoms with E-state index in [2.05, 4.69) is 75.8 Å². The zero-order chi connectivity index (χ0) is 22.7. The number of rotatable bonds is 8. The Hall–Kier alpha value is -2.77. The Morgan fingerprint density at radius 3 is 2.66 bits per heavy atom. The number of aryl methyl sites for hydroxylation is 1. The van der Waals surface area contributed by atoms with Crippen LogP contribution in [0.3, 0.4) is 0 Å². The van der Waals surface area contributed by atoms with E-state index < -0.39 is 0 Å². The van der Waals surface area contributed by atoms with Gasteiger partial charge in [-0.3, -0.25) is 9.97 Å². The van der Waals surface area contributed by atoms with Crippen LogP contribution in [0.5, 0.6) is 0 Å². The second kappa shape index (κ2) is 9.79. The van der Waals surface area contributed by atoms with E-state index >= 15 is 0 Å².